The van der Waals surface area contributed by atoms with E-state index in [1.165, 1.54) is 4.90 Å². The quantitative estimate of drug-likeness (QED) is 0.570. The lowest BCUT2D eigenvalue weighted by molar-refractivity contribution is -0.138. The van der Waals surface area contributed by atoms with Crippen LogP contribution in [-0.4, -0.2) is 58.3 Å². The maximum absolute atomic E-state index is 12.9. The third-order valence-electron chi connectivity index (χ3n) is 3.76. The second-order valence-corrected chi connectivity index (χ2v) is 7.55. The molecular formula is C14H24Cl2N4O3. The highest BCUT2D eigenvalue weighted by Gasteiger charge is 2.43. The van der Waals surface area contributed by atoms with Gasteiger partial charge in [0, 0.05) is 13.1 Å². The molecule has 132 valence electrons. The van der Waals surface area contributed by atoms with Crippen molar-refractivity contribution in [3.8, 4) is 0 Å². The Morgan fingerprint density at radius 1 is 1.39 bits per heavy atom. The Labute approximate surface area is 146 Å². The Kier molecular flexibility index (Phi) is 7.10. The zero-order valence-corrected chi connectivity index (χ0v) is 15.3. The van der Waals surface area contributed by atoms with Crippen LogP contribution >= 0.6 is 23.6 Å². The first-order chi connectivity index (χ1) is 10.6. The summed E-state index contributed by atoms with van der Waals surface area (Å²) in [6, 6.07) is -2.11. The number of amides is 3. The van der Waals surface area contributed by atoms with Crippen LogP contribution < -0.4 is 10.6 Å². The number of nitrogens with one attached hydrogen (secondary N) is 2. The van der Waals surface area contributed by atoms with Gasteiger partial charge in [-0.3, -0.25) is 4.79 Å². The second-order valence-electron chi connectivity index (χ2n) is 6.65. The Morgan fingerprint density at radius 3 is 2.43 bits per heavy atom. The summed E-state index contributed by atoms with van der Waals surface area (Å²) in [4.78, 5) is 37.4. The number of hydrogen-bond donors (Lipinski definition) is 2. The van der Waals surface area contributed by atoms with Gasteiger partial charge in [0.25, 0.3) is 0 Å². The summed E-state index contributed by atoms with van der Waals surface area (Å²) in [6.45, 7) is 8.02. The molecule has 0 spiro atoms. The molecule has 1 saturated heterocycles. The van der Waals surface area contributed by atoms with E-state index in [1.54, 1.807) is 6.92 Å². The summed E-state index contributed by atoms with van der Waals surface area (Å²) in [5, 5.41) is 5.29. The Balaban J connectivity index is 2.95. The smallest absolute Gasteiger partial charge is 0.315 e. The largest absolute Gasteiger partial charge is 0.338 e. The van der Waals surface area contributed by atoms with E-state index in [4.69, 9.17) is 23.6 Å². The molecule has 0 aromatic carbocycles. The van der Waals surface area contributed by atoms with Crippen LogP contribution in [0.25, 0.3) is 0 Å². The number of halogens is 2. The highest BCUT2D eigenvalue weighted by Crippen LogP contribution is 2.28. The van der Waals surface area contributed by atoms with Gasteiger partial charge in [-0.1, -0.05) is 20.8 Å². The summed E-state index contributed by atoms with van der Waals surface area (Å²) < 4.78 is 0.965. The lowest BCUT2D eigenvalue weighted by atomic mass is 9.85. The SMILES string of the molecule is CCNC(=O)NC(C(=O)N1C[C@H](N(Cl)Cl)CC1C=O)C(C)(C)C. The predicted octanol–water partition coefficient (Wildman–Crippen LogP) is 1.50. The number of rotatable bonds is 5. The number of aldehydes is 1. The van der Waals surface area contributed by atoms with Crippen LogP contribution in [0.3, 0.4) is 0 Å². The molecular weight excluding hydrogens is 343 g/mol. The van der Waals surface area contributed by atoms with Crippen LogP contribution in [0.2, 0.25) is 0 Å². The van der Waals surface area contributed by atoms with Gasteiger partial charge in [-0.2, -0.15) is 0 Å². The summed E-state index contributed by atoms with van der Waals surface area (Å²) >= 11 is 11.5. The minimum atomic E-state index is -0.769. The van der Waals surface area contributed by atoms with Crippen molar-refractivity contribution in [1.29, 1.82) is 0 Å². The third-order valence-corrected chi connectivity index (χ3v) is 4.32. The molecule has 1 aliphatic heterocycles. The number of urea groups is 1. The molecule has 2 unspecified atom stereocenters. The van der Waals surface area contributed by atoms with Crippen molar-refractivity contribution in [2.75, 3.05) is 13.1 Å². The molecule has 9 heteroatoms. The van der Waals surface area contributed by atoms with E-state index < -0.39 is 23.5 Å². The fourth-order valence-electron chi connectivity index (χ4n) is 2.52. The first kappa shape index (κ1) is 20.0. The van der Waals surface area contributed by atoms with Gasteiger partial charge in [0.2, 0.25) is 5.91 Å². The Bertz CT molecular complexity index is 454. The van der Waals surface area contributed by atoms with Crippen molar-refractivity contribution < 1.29 is 14.4 Å². The molecule has 0 saturated carbocycles. The van der Waals surface area contributed by atoms with E-state index in [0.717, 1.165) is 3.94 Å². The van der Waals surface area contributed by atoms with Crippen LogP contribution in [0, 0.1) is 5.41 Å². The third kappa shape index (κ3) is 5.22. The van der Waals surface area contributed by atoms with Crippen LogP contribution in [0.1, 0.15) is 34.1 Å². The monoisotopic (exact) mass is 366 g/mol. The van der Waals surface area contributed by atoms with Crippen molar-refractivity contribution in [3.05, 3.63) is 0 Å². The first-order valence-corrected chi connectivity index (χ1v) is 8.20. The standard InChI is InChI=1S/C14H24Cl2N4O3/c1-5-17-13(23)18-11(14(2,3)4)12(22)19-7-9(20(15)16)6-10(19)8-21/h8-11H,5-7H2,1-4H3,(H2,17,18,23)/t9-,10?,11?/m1/s1. The minimum absolute atomic E-state index is 0.235. The van der Waals surface area contributed by atoms with Crippen molar-refractivity contribution >= 4 is 41.8 Å². The molecule has 3 amide bonds. The van der Waals surface area contributed by atoms with Gasteiger partial charge in [0.15, 0.2) is 0 Å². The zero-order valence-electron chi connectivity index (χ0n) is 13.8. The van der Waals surface area contributed by atoms with E-state index in [0.29, 0.717) is 19.3 Å². The van der Waals surface area contributed by atoms with Crippen molar-refractivity contribution in [2.45, 2.75) is 52.2 Å². The van der Waals surface area contributed by atoms with Gasteiger partial charge in [0.1, 0.15) is 12.3 Å². The van der Waals surface area contributed by atoms with Gasteiger partial charge in [-0.25, -0.2) is 4.79 Å². The van der Waals surface area contributed by atoms with E-state index in [-0.39, 0.29) is 18.5 Å². The van der Waals surface area contributed by atoms with Gasteiger partial charge < -0.3 is 20.3 Å². The molecule has 0 aliphatic carbocycles. The maximum atomic E-state index is 12.9. The van der Waals surface area contributed by atoms with Gasteiger partial charge in [-0.05, 0) is 42.3 Å². The molecule has 7 nitrogen and oxygen atoms in total. The molecule has 0 radical (unpaired) electrons. The maximum Gasteiger partial charge on any atom is 0.315 e. The van der Waals surface area contributed by atoms with Crippen LogP contribution in [0.15, 0.2) is 0 Å². The lowest BCUT2D eigenvalue weighted by Gasteiger charge is -2.34. The van der Waals surface area contributed by atoms with Crippen LogP contribution in [0.4, 0.5) is 4.79 Å². The molecule has 1 rings (SSSR count). The molecule has 0 aromatic rings. The number of nitrogens with zero attached hydrogens (tertiary/aromatic N) is 2. The predicted molar refractivity (Wildman–Crippen MR) is 89.0 cm³/mol. The highest BCUT2D eigenvalue weighted by molar-refractivity contribution is 6.34. The van der Waals surface area contributed by atoms with Gasteiger partial charge in [0.05, 0.1) is 12.1 Å². The molecule has 0 aromatic heterocycles. The zero-order chi connectivity index (χ0) is 17.8. The number of likely N-dealkylation sites (tertiary alicyclic amines) is 1. The number of carbonyl (C=O) groups excluding carboxylic acids is 3. The molecule has 1 heterocycles. The normalized spacial score (nSPS) is 22.8. The number of carbonyl (C=O) groups is 3. The number of hydrogen-bond acceptors (Lipinski definition) is 4. The summed E-state index contributed by atoms with van der Waals surface area (Å²) in [5.41, 5.74) is -0.519. The van der Waals surface area contributed by atoms with E-state index >= 15 is 0 Å². The van der Waals surface area contributed by atoms with Crippen LogP contribution in [-0.2, 0) is 9.59 Å². The van der Waals surface area contributed by atoms with E-state index in [9.17, 15) is 14.4 Å². The average Bonchev–Trinajstić information content (AvgIpc) is 2.87. The van der Waals surface area contributed by atoms with Crippen molar-refractivity contribution in [1.82, 2.24) is 19.5 Å². The fourth-order valence-corrected chi connectivity index (χ4v) is 2.81. The molecule has 3 atom stereocenters. The molecule has 1 fully saturated rings. The summed E-state index contributed by atoms with van der Waals surface area (Å²) in [7, 11) is 0. The molecule has 0 bridgehead atoms. The molecule has 2 N–H and O–H groups in total. The van der Waals surface area contributed by atoms with Crippen LogP contribution in [0.5, 0.6) is 0 Å². The second kappa shape index (κ2) is 8.17. The fraction of sp³-hybridized carbons (Fsp3) is 0.786. The summed E-state index contributed by atoms with van der Waals surface area (Å²) in [5.74, 6) is -0.321. The average molecular weight is 367 g/mol. The lowest BCUT2D eigenvalue weighted by Crippen LogP contribution is -2.57. The van der Waals surface area contributed by atoms with E-state index in [1.807, 2.05) is 20.8 Å². The molecule has 23 heavy (non-hydrogen) atoms. The van der Waals surface area contributed by atoms with Gasteiger partial charge in [-0.15, -0.1) is 3.94 Å². The van der Waals surface area contributed by atoms with E-state index in [2.05, 4.69) is 10.6 Å². The first-order valence-electron chi connectivity index (χ1n) is 7.52. The Morgan fingerprint density at radius 2 is 2.00 bits per heavy atom. The van der Waals surface area contributed by atoms with Gasteiger partial charge >= 0.3 is 6.03 Å². The Hall–Kier alpha value is -1.05. The van der Waals surface area contributed by atoms with Crippen molar-refractivity contribution in [2.24, 2.45) is 5.41 Å². The summed E-state index contributed by atoms with van der Waals surface area (Å²) in [6.07, 6.45) is 1.07. The minimum Gasteiger partial charge on any atom is -0.338 e. The molecule has 1 aliphatic rings. The van der Waals surface area contributed by atoms with Crippen molar-refractivity contribution in [3.63, 3.8) is 0 Å². The highest BCUT2D eigenvalue weighted by atomic mass is 35.5. The topological polar surface area (TPSA) is 81.8 Å².